The van der Waals surface area contributed by atoms with Crippen molar-refractivity contribution in [2.75, 3.05) is 14.2 Å². The SMILES string of the molecule is COc1c(O)cc(O)c(OC)c1C(=O)OCc1ccc(O)cc1. The zero-order valence-corrected chi connectivity index (χ0v) is 12.6. The Hall–Kier alpha value is -3.09. The summed E-state index contributed by atoms with van der Waals surface area (Å²) in [4.78, 5) is 12.3. The number of phenolic OH excluding ortho intramolecular Hbond substituents is 3. The van der Waals surface area contributed by atoms with Crippen LogP contribution < -0.4 is 9.47 Å². The summed E-state index contributed by atoms with van der Waals surface area (Å²) in [5.74, 6) is -1.88. The van der Waals surface area contributed by atoms with Gasteiger partial charge in [-0.1, -0.05) is 12.1 Å². The molecule has 7 nitrogen and oxygen atoms in total. The van der Waals surface area contributed by atoms with Crippen LogP contribution in [0.1, 0.15) is 15.9 Å². The fraction of sp³-hybridized carbons (Fsp3) is 0.188. The van der Waals surface area contributed by atoms with Gasteiger partial charge < -0.3 is 29.5 Å². The Morgan fingerprint density at radius 3 is 1.96 bits per heavy atom. The van der Waals surface area contributed by atoms with E-state index in [2.05, 4.69) is 0 Å². The molecule has 2 rings (SSSR count). The van der Waals surface area contributed by atoms with Gasteiger partial charge in [-0.05, 0) is 17.7 Å². The first kappa shape index (κ1) is 16.3. The fourth-order valence-electron chi connectivity index (χ4n) is 2.03. The smallest absolute Gasteiger partial charge is 0.346 e. The van der Waals surface area contributed by atoms with Crippen molar-refractivity contribution in [3.8, 4) is 28.7 Å². The summed E-state index contributed by atoms with van der Waals surface area (Å²) in [6.07, 6.45) is 0. The zero-order chi connectivity index (χ0) is 17.0. The first-order valence-corrected chi connectivity index (χ1v) is 6.59. The van der Waals surface area contributed by atoms with Crippen molar-refractivity contribution >= 4 is 5.97 Å². The number of phenols is 3. The van der Waals surface area contributed by atoms with Crippen molar-refractivity contribution in [3.63, 3.8) is 0 Å². The van der Waals surface area contributed by atoms with Gasteiger partial charge in [-0.25, -0.2) is 4.79 Å². The summed E-state index contributed by atoms with van der Waals surface area (Å²) in [5, 5.41) is 28.8. The summed E-state index contributed by atoms with van der Waals surface area (Å²) in [6.45, 7) is -0.0676. The molecule has 0 amide bonds. The predicted molar refractivity (Wildman–Crippen MR) is 80.1 cm³/mol. The topological polar surface area (TPSA) is 105 Å². The minimum atomic E-state index is -0.835. The van der Waals surface area contributed by atoms with Crippen LogP contribution in [-0.2, 0) is 11.3 Å². The molecular weight excluding hydrogens is 304 g/mol. The second-order valence-electron chi connectivity index (χ2n) is 4.60. The lowest BCUT2D eigenvalue weighted by molar-refractivity contribution is 0.0463. The van der Waals surface area contributed by atoms with Crippen LogP contribution in [0, 0.1) is 0 Å². The molecule has 2 aromatic rings. The number of methoxy groups -OCH3 is 2. The lowest BCUT2D eigenvalue weighted by Gasteiger charge is -2.15. The van der Waals surface area contributed by atoms with Gasteiger partial charge in [-0.2, -0.15) is 0 Å². The number of rotatable bonds is 5. The van der Waals surface area contributed by atoms with Crippen molar-refractivity contribution in [3.05, 3.63) is 41.5 Å². The van der Waals surface area contributed by atoms with Crippen LogP contribution in [0.4, 0.5) is 0 Å². The Morgan fingerprint density at radius 1 is 0.957 bits per heavy atom. The number of carbonyl (C=O) groups is 1. The molecule has 0 aliphatic heterocycles. The first-order valence-electron chi connectivity index (χ1n) is 6.59. The maximum atomic E-state index is 12.3. The Balaban J connectivity index is 2.29. The molecule has 3 N–H and O–H groups in total. The number of hydrogen-bond donors (Lipinski definition) is 3. The van der Waals surface area contributed by atoms with E-state index < -0.39 is 17.5 Å². The minimum absolute atomic E-state index is 0.0676. The molecule has 2 aromatic carbocycles. The van der Waals surface area contributed by atoms with Crippen LogP contribution >= 0.6 is 0 Å². The second-order valence-corrected chi connectivity index (χ2v) is 4.60. The van der Waals surface area contributed by atoms with Gasteiger partial charge in [0.15, 0.2) is 28.6 Å². The molecule has 0 atom stereocenters. The third-order valence-corrected chi connectivity index (χ3v) is 3.11. The molecule has 0 saturated heterocycles. The van der Waals surface area contributed by atoms with Gasteiger partial charge >= 0.3 is 5.97 Å². The van der Waals surface area contributed by atoms with Crippen molar-refractivity contribution in [1.29, 1.82) is 0 Å². The van der Waals surface area contributed by atoms with E-state index in [1.165, 1.54) is 26.4 Å². The molecule has 0 aromatic heterocycles. The second kappa shape index (κ2) is 6.78. The van der Waals surface area contributed by atoms with Gasteiger partial charge in [0, 0.05) is 6.07 Å². The highest BCUT2D eigenvalue weighted by Crippen LogP contribution is 2.43. The molecule has 0 unspecified atom stereocenters. The number of aromatic hydroxyl groups is 3. The Bertz CT molecular complexity index is 679. The van der Waals surface area contributed by atoms with Crippen LogP contribution in [0.3, 0.4) is 0 Å². The number of carbonyl (C=O) groups excluding carboxylic acids is 1. The van der Waals surface area contributed by atoms with Gasteiger partial charge in [0.05, 0.1) is 14.2 Å². The highest BCUT2D eigenvalue weighted by atomic mass is 16.5. The van der Waals surface area contributed by atoms with Crippen molar-refractivity contribution < 1.29 is 34.3 Å². The van der Waals surface area contributed by atoms with Gasteiger partial charge in [0.25, 0.3) is 0 Å². The number of benzene rings is 2. The summed E-state index contributed by atoms with van der Waals surface area (Å²) >= 11 is 0. The van der Waals surface area contributed by atoms with Crippen LogP contribution in [-0.4, -0.2) is 35.5 Å². The lowest BCUT2D eigenvalue weighted by atomic mass is 10.1. The van der Waals surface area contributed by atoms with E-state index in [0.29, 0.717) is 5.56 Å². The summed E-state index contributed by atoms with van der Waals surface area (Å²) < 4.78 is 15.1. The molecule has 0 spiro atoms. The third-order valence-electron chi connectivity index (χ3n) is 3.11. The summed E-state index contributed by atoms with van der Waals surface area (Å²) in [5.41, 5.74) is 0.435. The number of ether oxygens (including phenoxy) is 3. The average Bonchev–Trinajstić information content (AvgIpc) is 2.53. The Kier molecular flexibility index (Phi) is 4.80. The molecule has 0 fully saturated rings. The largest absolute Gasteiger partial charge is 0.508 e. The Labute approximate surface area is 132 Å². The summed E-state index contributed by atoms with van der Waals surface area (Å²) in [7, 11) is 2.53. The fourth-order valence-corrected chi connectivity index (χ4v) is 2.03. The number of esters is 1. The Morgan fingerprint density at radius 2 is 1.48 bits per heavy atom. The van der Waals surface area contributed by atoms with Gasteiger partial charge in [-0.15, -0.1) is 0 Å². The van der Waals surface area contributed by atoms with Crippen molar-refractivity contribution in [2.45, 2.75) is 6.61 Å². The van der Waals surface area contributed by atoms with Crippen LogP contribution in [0.15, 0.2) is 30.3 Å². The third kappa shape index (κ3) is 3.39. The quantitative estimate of drug-likeness (QED) is 0.725. The van der Waals surface area contributed by atoms with Crippen LogP contribution in [0.5, 0.6) is 28.7 Å². The lowest BCUT2D eigenvalue weighted by Crippen LogP contribution is -2.09. The highest BCUT2D eigenvalue weighted by molar-refractivity contribution is 5.97. The molecular formula is C16H16O7. The van der Waals surface area contributed by atoms with Crippen molar-refractivity contribution in [1.82, 2.24) is 0 Å². The van der Waals surface area contributed by atoms with E-state index in [-0.39, 0.29) is 29.4 Å². The van der Waals surface area contributed by atoms with Crippen molar-refractivity contribution in [2.24, 2.45) is 0 Å². The van der Waals surface area contributed by atoms with Gasteiger partial charge in [0.2, 0.25) is 0 Å². The van der Waals surface area contributed by atoms with E-state index in [4.69, 9.17) is 14.2 Å². The molecule has 7 heteroatoms. The number of hydrogen-bond acceptors (Lipinski definition) is 7. The molecule has 0 bridgehead atoms. The molecule has 0 heterocycles. The van der Waals surface area contributed by atoms with E-state index in [0.717, 1.165) is 6.07 Å². The van der Waals surface area contributed by atoms with E-state index in [9.17, 15) is 20.1 Å². The van der Waals surface area contributed by atoms with Gasteiger partial charge in [-0.3, -0.25) is 0 Å². The van der Waals surface area contributed by atoms with Crippen LogP contribution in [0.25, 0.3) is 0 Å². The predicted octanol–water partition coefficient (Wildman–Crippen LogP) is 2.18. The minimum Gasteiger partial charge on any atom is -0.508 e. The highest BCUT2D eigenvalue weighted by Gasteiger charge is 2.26. The summed E-state index contributed by atoms with van der Waals surface area (Å²) in [6, 6.07) is 7.12. The zero-order valence-electron chi connectivity index (χ0n) is 12.6. The first-order chi connectivity index (χ1) is 11.0. The van der Waals surface area contributed by atoms with Crippen LogP contribution in [0.2, 0.25) is 0 Å². The standard InChI is InChI=1S/C16H16O7/c1-21-14-11(18)7-12(19)15(22-2)13(14)16(20)23-8-9-3-5-10(17)6-4-9/h3-7,17-19H,8H2,1-2H3. The molecule has 0 aliphatic rings. The monoisotopic (exact) mass is 320 g/mol. The normalized spacial score (nSPS) is 10.2. The average molecular weight is 320 g/mol. The maximum absolute atomic E-state index is 12.3. The van der Waals surface area contributed by atoms with E-state index >= 15 is 0 Å². The van der Waals surface area contributed by atoms with E-state index in [1.54, 1.807) is 12.1 Å². The molecule has 0 radical (unpaired) electrons. The van der Waals surface area contributed by atoms with Gasteiger partial charge in [0.1, 0.15) is 12.4 Å². The molecule has 23 heavy (non-hydrogen) atoms. The molecule has 122 valence electrons. The van der Waals surface area contributed by atoms with E-state index in [1.807, 2.05) is 0 Å². The molecule has 0 saturated carbocycles. The maximum Gasteiger partial charge on any atom is 0.346 e. The molecule has 0 aliphatic carbocycles.